The summed E-state index contributed by atoms with van der Waals surface area (Å²) in [7, 11) is 0. The molecule has 10 nitrogen and oxygen atoms in total. The lowest BCUT2D eigenvalue weighted by atomic mass is 10.2. The monoisotopic (exact) mass is 508 g/mol. The van der Waals surface area contributed by atoms with Gasteiger partial charge in [0.2, 0.25) is 5.88 Å². The minimum atomic E-state index is -0.922. The van der Waals surface area contributed by atoms with Gasteiger partial charge < -0.3 is 19.5 Å². The summed E-state index contributed by atoms with van der Waals surface area (Å²) in [6.45, 7) is 6.66. The molecule has 11 heteroatoms. The summed E-state index contributed by atoms with van der Waals surface area (Å²) in [6, 6.07) is 12.2. The van der Waals surface area contributed by atoms with Gasteiger partial charge in [0.25, 0.3) is 5.91 Å². The normalized spacial score (nSPS) is 12.1. The fourth-order valence-corrected chi connectivity index (χ4v) is 3.23. The first-order valence-electron chi connectivity index (χ1n) is 11.4. The van der Waals surface area contributed by atoms with Crippen LogP contribution in [0.15, 0.2) is 59.4 Å². The van der Waals surface area contributed by atoms with Gasteiger partial charge in [-0.05, 0) is 68.3 Å². The molecule has 0 aliphatic carbocycles. The number of aromatic nitrogens is 3. The van der Waals surface area contributed by atoms with E-state index in [4.69, 9.17) is 14.2 Å². The van der Waals surface area contributed by atoms with E-state index < -0.39 is 29.4 Å². The molecule has 192 valence electrons. The maximum Gasteiger partial charge on any atom is 0.347 e. The van der Waals surface area contributed by atoms with E-state index in [1.807, 2.05) is 0 Å². The standard InChI is InChI=1S/C26H25FN4O6/c1-15(25(33)36-26(2,3)4)34-17-8-7-16(20(27)12-17)14-29-23(32)19-6-5-11-28-24(19)35-18-9-10-21-22(13-18)31-37-30-21/h5-13,15H,14H2,1-4H3,(H,29,32)/t15-/m1/s1. The van der Waals surface area contributed by atoms with Crippen LogP contribution in [0.5, 0.6) is 17.4 Å². The number of benzene rings is 2. The van der Waals surface area contributed by atoms with Gasteiger partial charge in [-0.3, -0.25) is 4.79 Å². The van der Waals surface area contributed by atoms with E-state index in [0.29, 0.717) is 16.8 Å². The topological polar surface area (TPSA) is 126 Å². The van der Waals surface area contributed by atoms with Crippen molar-refractivity contribution in [2.75, 3.05) is 0 Å². The van der Waals surface area contributed by atoms with Crippen LogP contribution in [-0.4, -0.2) is 38.9 Å². The first-order valence-corrected chi connectivity index (χ1v) is 11.4. The van der Waals surface area contributed by atoms with E-state index in [1.54, 1.807) is 51.1 Å². The lowest BCUT2D eigenvalue weighted by Gasteiger charge is -2.22. The molecule has 4 rings (SSSR count). The van der Waals surface area contributed by atoms with Gasteiger partial charge in [0, 0.05) is 30.4 Å². The number of pyridine rings is 1. The Kier molecular flexibility index (Phi) is 7.32. The highest BCUT2D eigenvalue weighted by atomic mass is 19.1. The van der Waals surface area contributed by atoms with Crippen molar-refractivity contribution in [1.82, 2.24) is 20.6 Å². The van der Waals surface area contributed by atoms with Crippen molar-refractivity contribution >= 4 is 22.9 Å². The predicted molar refractivity (Wildman–Crippen MR) is 130 cm³/mol. The van der Waals surface area contributed by atoms with Gasteiger partial charge in [-0.15, -0.1) is 0 Å². The zero-order valence-electron chi connectivity index (χ0n) is 20.6. The lowest BCUT2D eigenvalue weighted by Crippen LogP contribution is -2.33. The van der Waals surface area contributed by atoms with E-state index >= 15 is 0 Å². The van der Waals surface area contributed by atoms with Crippen molar-refractivity contribution in [2.45, 2.75) is 45.9 Å². The van der Waals surface area contributed by atoms with E-state index in [0.717, 1.165) is 6.07 Å². The summed E-state index contributed by atoms with van der Waals surface area (Å²) >= 11 is 0. The fraction of sp³-hybridized carbons (Fsp3) is 0.269. The minimum Gasteiger partial charge on any atom is -0.479 e. The summed E-state index contributed by atoms with van der Waals surface area (Å²) < 4.78 is 35.9. The van der Waals surface area contributed by atoms with Gasteiger partial charge in [0.05, 0.1) is 0 Å². The number of nitrogens with zero attached hydrogens (tertiary/aromatic N) is 3. The summed E-state index contributed by atoms with van der Waals surface area (Å²) in [6.07, 6.45) is 0.563. The molecule has 0 bridgehead atoms. The van der Waals surface area contributed by atoms with Gasteiger partial charge in [0.1, 0.15) is 39.5 Å². The molecule has 2 aromatic carbocycles. The number of carbonyl (C=O) groups excluding carboxylic acids is 2. The molecule has 37 heavy (non-hydrogen) atoms. The highest BCUT2D eigenvalue weighted by Gasteiger charge is 2.23. The largest absolute Gasteiger partial charge is 0.479 e. The molecule has 0 aliphatic heterocycles. The number of fused-ring (bicyclic) bond motifs is 1. The smallest absolute Gasteiger partial charge is 0.347 e. The molecule has 0 radical (unpaired) electrons. The van der Waals surface area contributed by atoms with Crippen LogP contribution in [0.3, 0.4) is 0 Å². The number of hydrogen-bond acceptors (Lipinski definition) is 9. The SMILES string of the molecule is C[C@@H](Oc1ccc(CNC(=O)c2cccnc2Oc2ccc3nonc3c2)c(F)c1)C(=O)OC(C)(C)C. The lowest BCUT2D eigenvalue weighted by molar-refractivity contribution is -0.162. The van der Waals surface area contributed by atoms with Gasteiger partial charge in [-0.2, -0.15) is 0 Å². The zero-order valence-corrected chi connectivity index (χ0v) is 20.6. The summed E-state index contributed by atoms with van der Waals surface area (Å²) in [5.41, 5.74) is 0.767. The third-order valence-electron chi connectivity index (χ3n) is 4.97. The van der Waals surface area contributed by atoms with Crippen molar-refractivity contribution in [1.29, 1.82) is 0 Å². The molecule has 1 N–H and O–H groups in total. The van der Waals surface area contributed by atoms with Crippen LogP contribution in [0.25, 0.3) is 11.0 Å². The Morgan fingerprint density at radius 1 is 1.05 bits per heavy atom. The number of amides is 1. The number of esters is 1. The number of halogens is 1. The van der Waals surface area contributed by atoms with Crippen molar-refractivity contribution in [2.24, 2.45) is 0 Å². The third-order valence-corrected chi connectivity index (χ3v) is 4.97. The molecule has 0 unspecified atom stereocenters. The first-order chi connectivity index (χ1) is 17.6. The molecule has 1 atom stereocenters. The molecular formula is C26H25FN4O6. The number of rotatable bonds is 8. The molecule has 2 aromatic heterocycles. The Bertz CT molecular complexity index is 1430. The second kappa shape index (κ2) is 10.6. The number of hydrogen-bond donors (Lipinski definition) is 1. The molecule has 2 heterocycles. The molecule has 0 aliphatic rings. The van der Waals surface area contributed by atoms with Crippen LogP contribution in [0.4, 0.5) is 4.39 Å². The second-order valence-corrected chi connectivity index (χ2v) is 9.10. The summed E-state index contributed by atoms with van der Waals surface area (Å²) in [4.78, 5) is 29.1. The van der Waals surface area contributed by atoms with Gasteiger partial charge in [-0.25, -0.2) is 18.8 Å². The Morgan fingerprint density at radius 2 is 1.81 bits per heavy atom. The molecule has 0 saturated carbocycles. The predicted octanol–water partition coefficient (Wildman–Crippen LogP) is 4.59. The van der Waals surface area contributed by atoms with Crippen molar-refractivity contribution in [3.8, 4) is 17.4 Å². The van der Waals surface area contributed by atoms with E-state index in [9.17, 15) is 14.0 Å². The average Bonchev–Trinajstić information content (AvgIpc) is 3.30. The van der Waals surface area contributed by atoms with Crippen molar-refractivity contribution in [3.63, 3.8) is 0 Å². The van der Waals surface area contributed by atoms with Crippen molar-refractivity contribution < 1.29 is 32.8 Å². The van der Waals surface area contributed by atoms with E-state index in [1.165, 1.54) is 25.3 Å². The van der Waals surface area contributed by atoms with Gasteiger partial charge >= 0.3 is 5.97 Å². The molecular weight excluding hydrogens is 483 g/mol. The van der Waals surface area contributed by atoms with Crippen LogP contribution in [-0.2, 0) is 16.1 Å². The second-order valence-electron chi connectivity index (χ2n) is 9.10. The van der Waals surface area contributed by atoms with Gasteiger partial charge in [0.15, 0.2) is 6.10 Å². The first kappa shape index (κ1) is 25.5. The molecule has 0 fully saturated rings. The Hall–Kier alpha value is -4.54. The highest BCUT2D eigenvalue weighted by molar-refractivity contribution is 5.96. The Labute approximate surface area is 211 Å². The van der Waals surface area contributed by atoms with E-state index in [2.05, 4.69) is 25.2 Å². The summed E-state index contributed by atoms with van der Waals surface area (Å²) in [5.74, 6) is -1.06. The van der Waals surface area contributed by atoms with Crippen LogP contribution in [0, 0.1) is 5.82 Å². The third kappa shape index (κ3) is 6.57. The fourth-order valence-electron chi connectivity index (χ4n) is 3.23. The van der Waals surface area contributed by atoms with Crippen LogP contribution in [0.1, 0.15) is 43.6 Å². The maximum absolute atomic E-state index is 14.7. The highest BCUT2D eigenvalue weighted by Crippen LogP contribution is 2.26. The average molecular weight is 509 g/mol. The van der Waals surface area contributed by atoms with E-state index in [-0.39, 0.29) is 29.3 Å². The quantitative estimate of drug-likeness (QED) is 0.340. The maximum atomic E-state index is 14.7. The van der Waals surface area contributed by atoms with Crippen molar-refractivity contribution in [3.05, 3.63) is 71.7 Å². The zero-order chi connectivity index (χ0) is 26.6. The minimum absolute atomic E-state index is 0.0659. The Morgan fingerprint density at radius 3 is 2.57 bits per heavy atom. The Balaban J connectivity index is 1.39. The number of nitrogens with one attached hydrogen (secondary N) is 1. The molecule has 0 saturated heterocycles. The molecule has 4 aromatic rings. The molecule has 0 spiro atoms. The molecule has 1 amide bonds. The number of ether oxygens (including phenoxy) is 3. The van der Waals surface area contributed by atoms with Crippen LogP contribution in [0.2, 0.25) is 0 Å². The van der Waals surface area contributed by atoms with Crippen LogP contribution < -0.4 is 14.8 Å². The number of carbonyl (C=O) groups is 2. The van der Waals surface area contributed by atoms with Gasteiger partial charge in [-0.1, -0.05) is 6.07 Å². The van der Waals surface area contributed by atoms with Crippen LogP contribution >= 0.6 is 0 Å². The summed E-state index contributed by atoms with van der Waals surface area (Å²) in [5, 5.41) is 10.2.